The molecule has 0 bridgehead atoms. The van der Waals surface area contributed by atoms with Crippen LogP contribution in [-0.4, -0.2) is 36.0 Å². The average Bonchev–Trinajstić information content (AvgIpc) is 2.19. The fourth-order valence-electron chi connectivity index (χ4n) is 1.50. The minimum absolute atomic E-state index is 0.185. The highest BCUT2D eigenvalue weighted by atomic mass is 16.6. The van der Waals surface area contributed by atoms with Gasteiger partial charge in [0.05, 0.1) is 13.2 Å². The molecule has 1 N–H and O–H groups in total. The monoisotopic (exact) mass is 212 g/mol. The first kappa shape index (κ1) is 11.9. The summed E-state index contributed by atoms with van der Waals surface area (Å²) in [5.74, 6) is -0.593. The Morgan fingerprint density at radius 2 is 2.13 bits per heavy atom. The van der Waals surface area contributed by atoms with Gasteiger partial charge in [-0.25, -0.2) is 4.79 Å². The number of allylic oxidation sites excluding steroid dienone is 2. The van der Waals surface area contributed by atoms with E-state index in [0.717, 1.165) is 0 Å². The lowest BCUT2D eigenvalue weighted by Gasteiger charge is -2.34. The maximum absolute atomic E-state index is 11.6. The zero-order valence-corrected chi connectivity index (χ0v) is 9.14. The van der Waals surface area contributed by atoms with Crippen LogP contribution in [0.4, 0.5) is 0 Å². The summed E-state index contributed by atoms with van der Waals surface area (Å²) in [6.07, 6.45) is 5.14. The van der Waals surface area contributed by atoms with Crippen LogP contribution in [0.1, 0.15) is 13.8 Å². The van der Waals surface area contributed by atoms with Crippen molar-refractivity contribution in [3.05, 3.63) is 24.3 Å². The molecule has 0 unspecified atom stereocenters. The molecule has 0 aromatic heterocycles. The van der Waals surface area contributed by atoms with Crippen LogP contribution in [0.25, 0.3) is 0 Å². The van der Waals surface area contributed by atoms with Gasteiger partial charge in [0.25, 0.3) is 0 Å². The van der Waals surface area contributed by atoms with Gasteiger partial charge in [-0.1, -0.05) is 18.2 Å². The van der Waals surface area contributed by atoms with Gasteiger partial charge in [0.1, 0.15) is 6.10 Å². The predicted molar refractivity (Wildman–Crippen MR) is 55.3 cm³/mol. The van der Waals surface area contributed by atoms with E-state index in [0.29, 0.717) is 0 Å². The van der Waals surface area contributed by atoms with Gasteiger partial charge >= 0.3 is 5.97 Å². The summed E-state index contributed by atoms with van der Waals surface area (Å²) in [6, 6.07) is 0. The largest absolute Gasteiger partial charge is 0.467 e. The minimum Gasteiger partial charge on any atom is -0.467 e. The molecule has 0 fully saturated rings. The zero-order valence-electron chi connectivity index (χ0n) is 9.14. The molecule has 0 spiro atoms. The molecule has 0 amide bonds. The second-order valence-corrected chi connectivity index (χ2v) is 3.64. The van der Waals surface area contributed by atoms with Gasteiger partial charge in [-0.15, -0.1) is 0 Å². The van der Waals surface area contributed by atoms with E-state index in [-0.39, 0.29) is 6.10 Å². The molecular weight excluding hydrogens is 196 g/mol. The van der Waals surface area contributed by atoms with Crippen LogP contribution in [0.5, 0.6) is 0 Å². The summed E-state index contributed by atoms with van der Waals surface area (Å²) < 4.78 is 10.1. The Morgan fingerprint density at radius 1 is 1.47 bits per heavy atom. The number of aliphatic hydroxyl groups is 1. The number of esters is 1. The number of carbonyl (C=O) groups excluding carboxylic acids is 1. The van der Waals surface area contributed by atoms with Crippen molar-refractivity contribution in [2.45, 2.75) is 31.7 Å². The number of hydrogen-bond acceptors (Lipinski definition) is 4. The van der Waals surface area contributed by atoms with Crippen LogP contribution in [-0.2, 0) is 14.3 Å². The fourth-order valence-corrected chi connectivity index (χ4v) is 1.50. The molecule has 0 saturated heterocycles. The third-order valence-electron chi connectivity index (χ3n) is 2.12. The molecule has 0 radical (unpaired) electrons. The van der Waals surface area contributed by atoms with Crippen LogP contribution >= 0.6 is 0 Å². The van der Waals surface area contributed by atoms with Crippen molar-refractivity contribution in [3.8, 4) is 0 Å². The molecule has 4 nitrogen and oxygen atoms in total. The van der Waals surface area contributed by atoms with Crippen molar-refractivity contribution in [1.82, 2.24) is 0 Å². The second-order valence-electron chi connectivity index (χ2n) is 3.64. The van der Waals surface area contributed by atoms with E-state index in [4.69, 9.17) is 4.74 Å². The van der Waals surface area contributed by atoms with Crippen LogP contribution < -0.4 is 0 Å². The van der Waals surface area contributed by atoms with E-state index in [9.17, 15) is 9.90 Å². The molecule has 0 aliphatic heterocycles. The topological polar surface area (TPSA) is 55.8 Å². The Bertz CT molecular complexity index is 293. The smallest absolute Gasteiger partial charge is 0.345 e. The summed E-state index contributed by atoms with van der Waals surface area (Å²) in [5, 5.41) is 9.81. The van der Waals surface area contributed by atoms with E-state index in [1.54, 1.807) is 26.0 Å². The van der Waals surface area contributed by atoms with E-state index in [2.05, 4.69) is 4.74 Å². The number of ether oxygens (including phenoxy) is 2. The Morgan fingerprint density at radius 3 is 2.60 bits per heavy atom. The van der Waals surface area contributed by atoms with Crippen LogP contribution in [0, 0.1) is 0 Å². The van der Waals surface area contributed by atoms with Crippen LogP contribution in [0.2, 0.25) is 0 Å². The van der Waals surface area contributed by atoms with E-state index < -0.39 is 17.7 Å². The van der Waals surface area contributed by atoms with Crippen molar-refractivity contribution in [2.75, 3.05) is 7.11 Å². The maximum atomic E-state index is 11.6. The van der Waals surface area contributed by atoms with Crippen molar-refractivity contribution in [3.63, 3.8) is 0 Å². The molecule has 0 heterocycles. The van der Waals surface area contributed by atoms with Gasteiger partial charge in [0, 0.05) is 0 Å². The van der Waals surface area contributed by atoms with E-state index in [1.165, 1.54) is 19.3 Å². The lowest BCUT2D eigenvalue weighted by Crippen LogP contribution is -2.52. The summed E-state index contributed by atoms with van der Waals surface area (Å²) >= 11 is 0. The van der Waals surface area contributed by atoms with Crippen molar-refractivity contribution >= 4 is 5.97 Å². The van der Waals surface area contributed by atoms with Gasteiger partial charge in [-0.2, -0.15) is 0 Å². The van der Waals surface area contributed by atoms with Gasteiger partial charge in [0.2, 0.25) is 5.60 Å². The minimum atomic E-state index is -1.41. The number of aliphatic hydroxyl groups excluding tert-OH is 1. The molecule has 0 aromatic carbocycles. The zero-order chi connectivity index (χ0) is 11.5. The molecule has 84 valence electrons. The lowest BCUT2D eigenvalue weighted by atomic mass is 9.91. The molecule has 0 aromatic rings. The summed E-state index contributed by atoms with van der Waals surface area (Å²) in [6.45, 7) is 3.59. The summed E-state index contributed by atoms with van der Waals surface area (Å²) in [5.41, 5.74) is -1.41. The molecule has 0 saturated carbocycles. The van der Waals surface area contributed by atoms with Crippen LogP contribution in [0.3, 0.4) is 0 Å². The number of rotatable bonds is 3. The average molecular weight is 212 g/mol. The Balaban J connectivity index is 3.00. The van der Waals surface area contributed by atoms with Crippen LogP contribution in [0.15, 0.2) is 24.3 Å². The first-order chi connectivity index (χ1) is 7.03. The maximum Gasteiger partial charge on any atom is 0.345 e. The Kier molecular flexibility index (Phi) is 3.66. The number of hydrogen-bond donors (Lipinski definition) is 1. The Labute approximate surface area is 89.2 Å². The fraction of sp³-hybridized carbons (Fsp3) is 0.545. The second kappa shape index (κ2) is 4.59. The van der Waals surface area contributed by atoms with E-state index >= 15 is 0 Å². The summed E-state index contributed by atoms with van der Waals surface area (Å²) in [4.78, 5) is 11.6. The first-order valence-corrected chi connectivity index (χ1v) is 4.83. The van der Waals surface area contributed by atoms with Gasteiger partial charge in [0.15, 0.2) is 0 Å². The number of carbonyl (C=O) groups is 1. The molecule has 15 heavy (non-hydrogen) atoms. The third-order valence-corrected chi connectivity index (χ3v) is 2.12. The molecule has 2 atom stereocenters. The highest BCUT2D eigenvalue weighted by molar-refractivity contribution is 5.84. The normalized spacial score (nSPS) is 29.5. The van der Waals surface area contributed by atoms with Gasteiger partial charge in [-0.3, -0.25) is 0 Å². The summed E-state index contributed by atoms with van der Waals surface area (Å²) in [7, 11) is 1.27. The highest BCUT2D eigenvalue weighted by Gasteiger charge is 2.46. The Hall–Kier alpha value is -1.13. The molecule has 1 aliphatic carbocycles. The van der Waals surface area contributed by atoms with Crippen molar-refractivity contribution in [2.24, 2.45) is 0 Å². The standard InChI is InChI=1S/C11H16O4/c1-8(2)15-11(10(13)14-3)7-5-4-6-9(11)12/h4-9,12H,1-3H3/t9-,11+/m1/s1. The molecule has 4 heteroatoms. The van der Waals surface area contributed by atoms with Gasteiger partial charge in [-0.05, 0) is 19.9 Å². The molecule has 1 rings (SSSR count). The van der Waals surface area contributed by atoms with Crippen molar-refractivity contribution in [1.29, 1.82) is 0 Å². The highest BCUT2D eigenvalue weighted by Crippen LogP contribution is 2.26. The van der Waals surface area contributed by atoms with Gasteiger partial charge < -0.3 is 14.6 Å². The third kappa shape index (κ3) is 2.27. The predicted octanol–water partition coefficient (Wildman–Crippen LogP) is 0.810. The lowest BCUT2D eigenvalue weighted by molar-refractivity contribution is -0.178. The molecule has 1 aliphatic rings. The first-order valence-electron chi connectivity index (χ1n) is 4.83. The quantitative estimate of drug-likeness (QED) is 0.703. The van der Waals surface area contributed by atoms with E-state index in [1.807, 2.05) is 0 Å². The van der Waals surface area contributed by atoms with Crippen molar-refractivity contribution < 1.29 is 19.4 Å². The number of methoxy groups -OCH3 is 1. The molecular formula is C11H16O4. The SMILES string of the molecule is COC(=O)[C@]1(OC(C)C)C=CC=C[C@H]1O.